The van der Waals surface area contributed by atoms with E-state index in [1.165, 1.54) is 0 Å². The Hall–Kier alpha value is -0.410. The minimum atomic E-state index is -4.78. The zero-order valence-corrected chi connectivity index (χ0v) is 22.6. The quantitative estimate of drug-likeness (QED) is 0.211. The predicted molar refractivity (Wildman–Crippen MR) is 118 cm³/mol. The van der Waals surface area contributed by atoms with Gasteiger partial charge in [-0.25, -0.2) is 0 Å². The zero-order valence-electron chi connectivity index (χ0n) is 20.3. The maximum Gasteiger partial charge on any atom is 0.327 e. The molecule has 0 heterocycles. The van der Waals surface area contributed by atoms with Gasteiger partial charge in [0.1, 0.15) is 0 Å². The Labute approximate surface area is 204 Å². The van der Waals surface area contributed by atoms with Gasteiger partial charge in [0, 0.05) is 22.4 Å². The number of hydrogen-bond donors (Lipinski definition) is 1. The number of carbonyl (C=O) groups excluding carboxylic acids is 2. The molecule has 0 aliphatic carbocycles. The van der Waals surface area contributed by atoms with Crippen molar-refractivity contribution in [2.75, 3.05) is 13.2 Å². The smallest absolute Gasteiger partial charge is 0.327 e. The first-order chi connectivity index (χ1) is 13.4. The van der Waals surface area contributed by atoms with Gasteiger partial charge >= 0.3 is 11.9 Å². The summed E-state index contributed by atoms with van der Waals surface area (Å²) in [5.74, 6) is -1.37. The molecule has 0 spiro atoms. The molecule has 31 heavy (non-hydrogen) atoms. The van der Waals surface area contributed by atoms with Gasteiger partial charge in [0.15, 0.2) is 5.25 Å². The second kappa shape index (κ2) is 14.0. The third kappa shape index (κ3) is 17.8. The summed E-state index contributed by atoms with van der Waals surface area (Å²) >= 11 is 0. The molecule has 3 atom stereocenters. The maximum absolute atomic E-state index is 12.2. The Balaban J connectivity index is 0. The second-order valence-electron chi connectivity index (χ2n) is 10.9. The molecule has 0 saturated carbocycles. The first-order valence-corrected chi connectivity index (χ1v) is 12.2. The van der Waals surface area contributed by atoms with Crippen LogP contribution >= 0.6 is 0 Å². The molecule has 1 radical (unpaired) electrons. The van der Waals surface area contributed by atoms with Crippen molar-refractivity contribution in [1.82, 2.24) is 0 Å². The van der Waals surface area contributed by atoms with Crippen LogP contribution in [0, 0.1) is 22.7 Å². The van der Waals surface area contributed by atoms with Crippen LogP contribution in [0.4, 0.5) is 0 Å². The standard InChI is InChI=1S/C22H42O7S.Ag/c1-16(14-21(3,4)5)9-11-28-19(23)13-18(30(25,26)27)20(24)29-12-10-17(2)15-22(6,7)8;/h16-18H,9-15H2,1-8H3,(H,25,26,27);. The minimum Gasteiger partial charge on any atom is -0.466 e. The number of rotatable bonds is 12. The van der Waals surface area contributed by atoms with Gasteiger partial charge in [-0.15, -0.1) is 0 Å². The summed E-state index contributed by atoms with van der Waals surface area (Å²) in [5.41, 5.74) is 0.294. The van der Waals surface area contributed by atoms with Crippen LogP contribution in [0.5, 0.6) is 0 Å². The topological polar surface area (TPSA) is 107 Å². The van der Waals surface area contributed by atoms with Crippen LogP contribution in [0.2, 0.25) is 0 Å². The van der Waals surface area contributed by atoms with E-state index in [0.717, 1.165) is 12.8 Å². The van der Waals surface area contributed by atoms with Gasteiger partial charge in [-0.1, -0.05) is 55.4 Å². The summed E-state index contributed by atoms with van der Waals surface area (Å²) in [7, 11) is -4.78. The molecular formula is C22H42AgO7S. The van der Waals surface area contributed by atoms with Crippen molar-refractivity contribution in [2.24, 2.45) is 22.7 Å². The van der Waals surface area contributed by atoms with Gasteiger partial charge in [0.2, 0.25) is 0 Å². The summed E-state index contributed by atoms with van der Waals surface area (Å²) in [6.07, 6.45) is 2.32. The Morgan fingerprint density at radius 2 is 1.23 bits per heavy atom. The van der Waals surface area contributed by atoms with Crippen molar-refractivity contribution in [1.29, 1.82) is 0 Å². The fourth-order valence-corrected chi connectivity index (χ4v) is 4.30. The van der Waals surface area contributed by atoms with E-state index in [9.17, 15) is 22.6 Å². The van der Waals surface area contributed by atoms with E-state index >= 15 is 0 Å². The normalized spacial score (nSPS) is 15.4. The Bertz CT molecular complexity index is 648. The van der Waals surface area contributed by atoms with E-state index in [0.29, 0.717) is 18.8 Å². The molecule has 0 rings (SSSR count). The van der Waals surface area contributed by atoms with Gasteiger partial charge in [0.05, 0.1) is 19.6 Å². The third-order valence-corrected chi connectivity index (χ3v) is 5.70. The predicted octanol–water partition coefficient (Wildman–Crippen LogP) is 4.64. The first kappa shape index (κ1) is 32.8. The molecule has 7 nitrogen and oxygen atoms in total. The molecule has 0 aliphatic heterocycles. The van der Waals surface area contributed by atoms with Crippen molar-refractivity contribution >= 4 is 22.1 Å². The fraction of sp³-hybridized carbons (Fsp3) is 0.909. The Morgan fingerprint density at radius 1 is 0.839 bits per heavy atom. The molecule has 0 amide bonds. The SMILES string of the molecule is CC(CCOC(=O)CC(C(=O)OCCC(C)CC(C)(C)C)S(=O)(=O)O)CC(C)(C)C.[Ag]. The van der Waals surface area contributed by atoms with E-state index in [2.05, 4.69) is 48.5 Å². The Kier molecular flexibility index (Phi) is 14.8. The molecule has 3 unspecified atom stereocenters. The van der Waals surface area contributed by atoms with Gasteiger partial charge in [0.25, 0.3) is 10.1 Å². The summed E-state index contributed by atoms with van der Waals surface area (Å²) in [6.45, 7) is 17.0. The first-order valence-electron chi connectivity index (χ1n) is 10.7. The van der Waals surface area contributed by atoms with Crippen LogP contribution in [0.15, 0.2) is 0 Å². The zero-order chi connectivity index (χ0) is 23.8. The molecular weight excluding hydrogens is 516 g/mol. The van der Waals surface area contributed by atoms with Gasteiger partial charge in [-0.2, -0.15) is 8.42 Å². The molecule has 189 valence electrons. The molecule has 0 aromatic heterocycles. The molecule has 0 fully saturated rings. The number of hydrogen-bond acceptors (Lipinski definition) is 6. The second-order valence-corrected chi connectivity index (χ2v) is 12.5. The van der Waals surface area contributed by atoms with Crippen LogP contribution in [0.3, 0.4) is 0 Å². The van der Waals surface area contributed by atoms with E-state index < -0.39 is 33.7 Å². The van der Waals surface area contributed by atoms with Crippen molar-refractivity contribution < 1.29 is 54.4 Å². The third-order valence-electron chi connectivity index (χ3n) is 4.62. The molecule has 0 bridgehead atoms. The van der Waals surface area contributed by atoms with E-state index in [1.54, 1.807) is 0 Å². The summed E-state index contributed by atoms with van der Waals surface area (Å²) in [4.78, 5) is 24.2. The number of ether oxygens (including phenoxy) is 2. The van der Waals surface area contributed by atoms with Gasteiger partial charge in [-0.3, -0.25) is 14.1 Å². The fourth-order valence-electron chi connectivity index (χ4n) is 3.64. The number of esters is 2. The van der Waals surface area contributed by atoms with Crippen LogP contribution in [0.25, 0.3) is 0 Å². The van der Waals surface area contributed by atoms with E-state index in [1.807, 2.05) is 6.92 Å². The largest absolute Gasteiger partial charge is 0.466 e. The summed E-state index contributed by atoms with van der Waals surface area (Å²) in [5, 5.41) is -1.96. The monoisotopic (exact) mass is 557 g/mol. The molecule has 1 N–H and O–H groups in total. The van der Waals surface area contributed by atoms with Crippen molar-refractivity contribution in [2.45, 2.75) is 92.7 Å². The molecule has 9 heteroatoms. The van der Waals surface area contributed by atoms with Crippen molar-refractivity contribution in [3.63, 3.8) is 0 Å². The van der Waals surface area contributed by atoms with Crippen LogP contribution < -0.4 is 0 Å². The van der Waals surface area contributed by atoms with Crippen molar-refractivity contribution in [3.8, 4) is 0 Å². The van der Waals surface area contributed by atoms with Crippen LogP contribution in [-0.2, 0) is 51.6 Å². The summed E-state index contributed by atoms with van der Waals surface area (Å²) < 4.78 is 42.6. The average Bonchev–Trinajstić information content (AvgIpc) is 2.47. The van der Waals surface area contributed by atoms with E-state index in [4.69, 9.17) is 9.47 Å². The van der Waals surface area contributed by atoms with Crippen LogP contribution in [-0.4, -0.2) is 43.4 Å². The van der Waals surface area contributed by atoms with Crippen molar-refractivity contribution in [3.05, 3.63) is 0 Å². The maximum atomic E-state index is 12.2. The van der Waals surface area contributed by atoms with Gasteiger partial charge < -0.3 is 9.47 Å². The van der Waals surface area contributed by atoms with Crippen LogP contribution in [0.1, 0.15) is 87.5 Å². The molecule has 0 aromatic rings. The molecule has 0 aromatic carbocycles. The van der Waals surface area contributed by atoms with E-state index in [-0.39, 0.29) is 52.3 Å². The minimum absolute atomic E-state index is 0. The molecule has 0 saturated heterocycles. The Morgan fingerprint density at radius 3 is 1.58 bits per heavy atom. The number of carbonyl (C=O) groups is 2. The molecule has 0 aliphatic rings. The van der Waals surface area contributed by atoms with Gasteiger partial charge in [-0.05, 0) is 48.3 Å². The average molecular weight is 559 g/mol. The summed E-state index contributed by atoms with van der Waals surface area (Å²) in [6, 6.07) is 0.